The normalized spacial score (nSPS) is 25.8. The summed E-state index contributed by atoms with van der Waals surface area (Å²) in [6.45, 7) is 5.67. The van der Waals surface area contributed by atoms with Crippen LogP contribution in [0.1, 0.15) is 45.4 Å². The first kappa shape index (κ1) is 11.0. The monoisotopic (exact) mass is 184 g/mol. The topological polar surface area (TPSA) is 29.3 Å². The van der Waals surface area contributed by atoms with Crippen molar-refractivity contribution in [1.82, 2.24) is 4.90 Å². The van der Waals surface area contributed by atoms with Crippen LogP contribution < -0.4 is 5.73 Å². The van der Waals surface area contributed by atoms with Crippen LogP contribution in [-0.4, -0.2) is 30.6 Å². The van der Waals surface area contributed by atoms with Gasteiger partial charge in [0.15, 0.2) is 0 Å². The van der Waals surface area contributed by atoms with Crippen LogP contribution in [0.5, 0.6) is 0 Å². The van der Waals surface area contributed by atoms with Crippen molar-refractivity contribution in [1.29, 1.82) is 0 Å². The molecule has 1 atom stereocenters. The summed E-state index contributed by atoms with van der Waals surface area (Å²) in [7, 11) is 0. The van der Waals surface area contributed by atoms with Crippen molar-refractivity contribution in [3.8, 4) is 0 Å². The van der Waals surface area contributed by atoms with Crippen LogP contribution in [0.25, 0.3) is 0 Å². The molecule has 0 aromatic heterocycles. The number of hydrogen-bond acceptors (Lipinski definition) is 2. The fourth-order valence-electron chi connectivity index (χ4n) is 2.29. The standard InChI is InChI=1S/C11H24N2/c1-2-11-7-4-3-5-9-13(11)10-6-8-12/h11H,2-10,12H2,1H3. The molecule has 0 bridgehead atoms. The lowest BCUT2D eigenvalue weighted by molar-refractivity contribution is 0.193. The second-order valence-corrected chi connectivity index (χ2v) is 4.09. The van der Waals surface area contributed by atoms with Crippen molar-refractivity contribution in [3.63, 3.8) is 0 Å². The molecule has 1 rings (SSSR count). The molecule has 2 nitrogen and oxygen atoms in total. The molecule has 1 fully saturated rings. The molecule has 1 heterocycles. The van der Waals surface area contributed by atoms with Gasteiger partial charge in [-0.2, -0.15) is 0 Å². The first-order valence-electron chi connectivity index (χ1n) is 5.82. The van der Waals surface area contributed by atoms with E-state index in [1.807, 2.05) is 0 Å². The van der Waals surface area contributed by atoms with Crippen molar-refractivity contribution in [2.75, 3.05) is 19.6 Å². The molecule has 0 amide bonds. The van der Waals surface area contributed by atoms with Crippen LogP contribution in [0, 0.1) is 0 Å². The summed E-state index contributed by atoms with van der Waals surface area (Å²) < 4.78 is 0. The van der Waals surface area contributed by atoms with Gasteiger partial charge in [-0.15, -0.1) is 0 Å². The van der Waals surface area contributed by atoms with Crippen molar-refractivity contribution >= 4 is 0 Å². The Kier molecular flexibility index (Phi) is 5.40. The van der Waals surface area contributed by atoms with Crippen LogP contribution in [0.4, 0.5) is 0 Å². The molecule has 1 aliphatic heterocycles. The average molecular weight is 184 g/mol. The largest absolute Gasteiger partial charge is 0.330 e. The van der Waals surface area contributed by atoms with Gasteiger partial charge in [-0.05, 0) is 45.3 Å². The van der Waals surface area contributed by atoms with E-state index >= 15 is 0 Å². The number of hydrogen-bond donors (Lipinski definition) is 1. The van der Waals surface area contributed by atoms with Gasteiger partial charge in [0.1, 0.15) is 0 Å². The molecule has 0 aromatic rings. The van der Waals surface area contributed by atoms with Crippen molar-refractivity contribution in [2.24, 2.45) is 5.73 Å². The Morgan fingerprint density at radius 1 is 1.31 bits per heavy atom. The fourth-order valence-corrected chi connectivity index (χ4v) is 2.29. The van der Waals surface area contributed by atoms with Gasteiger partial charge < -0.3 is 10.6 Å². The summed E-state index contributed by atoms with van der Waals surface area (Å²) in [6, 6.07) is 0.842. The minimum absolute atomic E-state index is 0.840. The van der Waals surface area contributed by atoms with E-state index in [2.05, 4.69) is 11.8 Å². The molecule has 1 aliphatic rings. The molecule has 2 heteroatoms. The molecule has 0 radical (unpaired) electrons. The fraction of sp³-hybridized carbons (Fsp3) is 1.00. The molecule has 0 spiro atoms. The minimum atomic E-state index is 0.840. The SMILES string of the molecule is CCC1CCCCCN1CCCN. The van der Waals surface area contributed by atoms with Crippen molar-refractivity contribution < 1.29 is 0 Å². The van der Waals surface area contributed by atoms with Crippen LogP contribution in [-0.2, 0) is 0 Å². The summed E-state index contributed by atoms with van der Waals surface area (Å²) >= 11 is 0. The lowest BCUT2D eigenvalue weighted by atomic mass is 10.1. The maximum atomic E-state index is 5.54. The summed E-state index contributed by atoms with van der Waals surface area (Å²) in [4.78, 5) is 2.65. The Morgan fingerprint density at radius 2 is 2.15 bits per heavy atom. The van der Waals surface area contributed by atoms with E-state index < -0.39 is 0 Å². The van der Waals surface area contributed by atoms with Crippen LogP contribution >= 0.6 is 0 Å². The van der Waals surface area contributed by atoms with Gasteiger partial charge in [0.2, 0.25) is 0 Å². The van der Waals surface area contributed by atoms with Gasteiger partial charge in [-0.25, -0.2) is 0 Å². The predicted octanol–water partition coefficient (Wildman–Crippen LogP) is 1.99. The van der Waals surface area contributed by atoms with Crippen LogP contribution in [0.2, 0.25) is 0 Å². The third-order valence-corrected chi connectivity index (χ3v) is 3.12. The summed E-state index contributed by atoms with van der Waals surface area (Å²) in [5.74, 6) is 0. The first-order chi connectivity index (χ1) is 6.38. The van der Waals surface area contributed by atoms with Crippen molar-refractivity contribution in [3.05, 3.63) is 0 Å². The number of likely N-dealkylation sites (tertiary alicyclic amines) is 1. The number of nitrogens with zero attached hydrogens (tertiary/aromatic N) is 1. The van der Waals surface area contributed by atoms with Gasteiger partial charge in [0.25, 0.3) is 0 Å². The van der Waals surface area contributed by atoms with Crippen LogP contribution in [0.15, 0.2) is 0 Å². The predicted molar refractivity (Wildman–Crippen MR) is 57.8 cm³/mol. The van der Waals surface area contributed by atoms with E-state index in [1.165, 1.54) is 45.2 Å². The maximum absolute atomic E-state index is 5.54. The highest BCUT2D eigenvalue weighted by atomic mass is 15.1. The first-order valence-corrected chi connectivity index (χ1v) is 5.82. The van der Waals surface area contributed by atoms with E-state index in [0.717, 1.165) is 19.0 Å². The maximum Gasteiger partial charge on any atom is 0.00926 e. The zero-order chi connectivity index (χ0) is 9.52. The van der Waals surface area contributed by atoms with E-state index in [0.29, 0.717) is 0 Å². The molecule has 78 valence electrons. The summed E-state index contributed by atoms with van der Waals surface area (Å²) in [6.07, 6.45) is 8.12. The Balaban J connectivity index is 2.34. The lowest BCUT2D eigenvalue weighted by Crippen LogP contribution is -2.35. The molecular weight excluding hydrogens is 160 g/mol. The van der Waals surface area contributed by atoms with Gasteiger partial charge in [0.05, 0.1) is 0 Å². The van der Waals surface area contributed by atoms with E-state index in [9.17, 15) is 0 Å². The molecule has 2 N–H and O–H groups in total. The van der Waals surface area contributed by atoms with Gasteiger partial charge >= 0.3 is 0 Å². The molecule has 13 heavy (non-hydrogen) atoms. The molecule has 0 aromatic carbocycles. The summed E-state index contributed by atoms with van der Waals surface area (Å²) in [5, 5.41) is 0. The molecule has 1 unspecified atom stereocenters. The second kappa shape index (κ2) is 6.39. The van der Waals surface area contributed by atoms with Crippen LogP contribution in [0.3, 0.4) is 0 Å². The molecular formula is C11H24N2. The Morgan fingerprint density at radius 3 is 2.85 bits per heavy atom. The van der Waals surface area contributed by atoms with Gasteiger partial charge in [-0.1, -0.05) is 19.8 Å². The van der Waals surface area contributed by atoms with E-state index in [4.69, 9.17) is 5.73 Å². The van der Waals surface area contributed by atoms with Gasteiger partial charge in [0, 0.05) is 6.04 Å². The quantitative estimate of drug-likeness (QED) is 0.724. The number of nitrogens with two attached hydrogens (primary N) is 1. The molecule has 0 aliphatic carbocycles. The third kappa shape index (κ3) is 3.65. The highest BCUT2D eigenvalue weighted by molar-refractivity contribution is 4.74. The smallest absolute Gasteiger partial charge is 0.00926 e. The Labute approximate surface area is 82.5 Å². The Bertz CT molecular complexity index is 125. The second-order valence-electron chi connectivity index (χ2n) is 4.09. The lowest BCUT2D eigenvalue weighted by Gasteiger charge is -2.28. The highest BCUT2D eigenvalue weighted by Gasteiger charge is 2.17. The zero-order valence-corrected chi connectivity index (χ0v) is 8.97. The molecule has 0 saturated carbocycles. The van der Waals surface area contributed by atoms with E-state index in [1.54, 1.807) is 0 Å². The molecule has 1 saturated heterocycles. The minimum Gasteiger partial charge on any atom is -0.330 e. The van der Waals surface area contributed by atoms with E-state index in [-0.39, 0.29) is 0 Å². The van der Waals surface area contributed by atoms with Crippen molar-refractivity contribution in [2.45, 2.75) is 51.5 Å². The average Bonchev–Trinajstić information content (AvgIpc) is 2.39. The number of rotatable bonds is 4. The van der Waals surface area contributed by atoms with Gasteiger partial charge in [-0.3, -0.25) is 0 Å². The third-order valence-electron chi connectivity index (χ3n) is 3.12. The highest BCUT2D eigenvalue weighted by Crippen LogP contribution is 2.18. The summed E-state index contributed by atoms with van der Waals surface area (Å²) in [5.41, 5.74) is 5.54. The Hall–Kier alpha value is -0.0800. The zero-order valence-electron chi connectivity index (χ0n) is 8.97.